The number of nitrogens with one attached hydrogen (secondary N) is 1. The summed E-state index contributed by atoms with van der Waals surface area (Å²) >= 11 is 12.1. The first-order valence-electron chi connectivity index (χ1n) is 6.58. The summed E-state index contributed by atoms with van der Waals surface area (Å²) in [7, 11) is 1.97. The molecule has 0 aliphatic carbocycles. The minimum Gasteiger partial charge on any atom is -0.370 e. The van der Waals surface area contributed by atoms with E-state index in [1.807, 2.05) is 43.1 Å². The first-order chi connectivity index (χ1) is 9.95. The second-order valence-electron chi connectivity index (χ2n) is 4.92. The molecule has 0 spiro atoms. The van der Waals surface area contributed by atoms with Crippen LogP contribution in [0.4, 0.5) is 0 Å². The van der Waals surface area contributed by atoms with Crippen LogP contribution in [-0.2, 0) is 13.6 Å². The SMILES string of the molecule is CC(NC(N)=NCc1ccn(C)c1)c1ccc(Cl)cc1Cl.I. The molecule has 3 N–H and O–H groups in total. The lowest BCUT2D eigenvalue weighted by Gasteiger charge is -2.16. The van der Waals surface area contributed by atoms with Gasteiger partial charge in [-0.3, -0.25) is 0 Å². The summed E-state index contributed by atoms with van der Waals surface area (Å²) in [6, 6.07) is 7.37. The van der Waals surface area contributed by atoms with E-state index in [4.69, 9.17) is 28.9 Å². The van der Waals surface area contributed by atoms with E-state index in [2.05, 4.69) is 10.3 Å². The number of nitrogens with two attached hydrogens (primary N) is 1. The van der Waals surface area contributed by atoms with Crippen LogP contribution in [0.2, 0.25) is 10.0 Å². The van der Waals surface area contributed by atoms with Crippen LogP contribution in [0.15, 0.2) is 41.7 Å². The molecule has 2 rings (SSSR count). The van der Waals surface area contributed by atoms with Crippen LogP contribution in [0.5, 0.6) is 0 Å². The van der Waals surface area contributed by atoms with Crippen molar-refractivity contribution in [2.75, 3.05) is 0 Å². The van der Waals surface area contributed by atoms with Crippen molar-refractivity contribution in [3.63, 3.8) is 0 Å². The van der Waals surface area contributed by atoms with Crippen molar-refractivity contribution < 1.29 is 0 Å². The van der Waals surface area contributed by atoms with Crippen LogP contribution in [0.1, 0.15) is 24.1 Å². The number of aromatic nitrogens is 1. The summed E-state index contributed by atoms with van der Waals surface area (Å²) in [6.07, 6.45) is 3.99. The third kappa shape index (κ3) is 5.37. The van der Waals surface area contributed by atoms with Gasteiger partial charge in [-0.2, -0.15) is 0 Å². The van der Waals surface area contributed by atoms with E-state index in [1.54, 1.807) is 12.1 Å². The molecule has 1 unspecified atom stereocenters. The van der Waals surface area contributed by atoms with E-state index in [0.29, 0.717) is 22.5 Å². The summed E-state index contributed by atoms with van der Waals surface area (Å²) in [5.41, 5.74) is 7.95. The van der Waals surface area contributed by atoms with Crippen LogP contribution in [0.25, 0.3) is 0 Å². The molecule has 22 heavy (non-hydrogen) atoms. The van der Waals surface area contributed by atoms with Gasteiger partial charge in [0.1, 0.15) is 0 Å². The van der Waals surface area contributed by atoms with Crippen LogP contribution in [-0.4, -0.2) is 10.5 Å². The molecule has 1 heterocycles. The highest BCUT2D eigenvalue weighted by atomic mass is 127. The van der Waals surface area contributed by atoms with Crippen molar-refractivity contribution in [3.05, 3.63) is 57.8 Å². The summed E-state index contributed by atoms with van der Waals surface area (Å²) in [5, 5.41) is 4.35. The normalized spacial score (nSPS) is 12.6. The van der Waals surface area contributed by atoms with Gasteiger partial charge in [-0.1, -0.05) is 29.3 Å². The molecule has 0 bridgehead atoms. The number of guanidine groups is 1. The van der Waals surface area contributed by atoms with Crippen molar-refractivity contribution in [1.29, 1.82) is 0 Å². The van der Waals surface area contributed by atoms with Gasteiger partial charge < -0.3 is 15.6 Å². The lowest BCUT2D eigenvalue weighted by Crippen LogP contribution is -2.33. The number of rotatable bonds is 4. The maximum atomic E-state index is 6.18. The number of halogens is 3. The number of aliphatic imine (C=N–C) groups is 1. The summed E-state index contributed by atoms with van der Waals surface area (Å²) < 4.78 is 1.98. The third-order valence-electron chi connectivity index (χ3n) is 3.12. The Hall–Kier alpha value is -0.920. The smallest absolute Gasteiger partial charge is 0.189 e. The highest BCUT2D eigenvalue weighted by Crippen LogP contribution is 2.25. The van der Waals surface area contributed by atoms with E-state index in [1.165, 1.54) is 0 Å². The Labute approximate surface area is 157 Å². The minimum atomic E-state index is -0.0470. The van der Waals surface area contributed by atoms with Gasteiger partial charge in [0.2, 0.25) is 0 Å². The summed E-state index contributed by atoms with van der Waals surface area (Å²) in [6.45, 7) is 2.51. The fourth-order valence-corrected chi connectivity index (χ4v) is 2.60. The van der Waals surface area contributed by atoms with Gasteiger partial charge >= 0.3 is 0 Å². The zero-order valence-corrected chi connectivity index (χ0v) is 16.2. The molecule has 0 aliphatic rings. The summed E-state index contributed by atoms with van der Waals surface area (Å²) in [4.78, 5) is 4.32. The highest BCUT2D eigenvalue weighted by molar-refractivity contribution is 14.0. The molecule has 0 fully saturated rings. The average molecular weight is 453 g/mol. The number of aryl methyl sites for hydroxylation is 1. The molecule has 0 saturated heterocycles. The quantitative estimate of drug-likeness (QED) is 0.416. The largest absolute Gasteiger partial charge is 0.370 e. The van der Waals surface area contributed by atoms with Gasteiger partial charge in [-0.05, 0) is 36.2 Å². The fraction of sp³-hybridized carbons (Fsp3) is 0.267. The molecule has 1 aromatic heterocycles. The molecule has 0 aliphatic heterocycles. The van der Waals surface area contributed by atoms with Crippen molar-refractivity contribution in [2.45, 2.75) is 19.5 Å². The maximum absolute atomic E-state index is 6.18. The van der Waals surface area contributed by atoms with Gasteiger partial charge in [0.25, 0.3) is 0 Å². The Kier molecular flexibility index (Phi) is 7.52. The van der Waals surface area contributed by atoms with Crippen molar-refractivity contribution >= 4 is 53.1 Å². The zero-order valence-electron chi connectivity index (χ0n) is 12.4. The van der Waals surface area contributed by atoms with Crippen molar-refractivity contribution in [2.24, 2.45) is 17.8 Å². The average Bonchev–Trinajstić information content (AvgIpc) is 2.82. The topological polar surface area (TPSA) is 55.3 Å². The summed E-state index contributed by atoms with van der Waals surface area (Å²) in [5.74, 6) is 0.386. The van der Waals surface area contributed by atoms with Crippen LogP contribution in [0.3, 0.4) is 0 Å². The molecule has 120 valence electrons. The molecular formula is C15H19Cl2IN4. The Morgan fingerprint density at radius 1 is 1.36 bits per heavy atom. The Bertz CT molecular complexity index is 655. The highest BCUT2D eigenvalue weighted by Gasteiger charge is 2.10. The van der Waals surface area contributed by atoms with E-state index in [9.17, 15) is 0 Å². The molecular weight excluding hydrogens is 434 g/mol. The number of hydrogen-bond donors (Lipinski definition) is 2. The number of benzene rings is 1. The predicted octanol–water partition coefficient (Wildman–Crippen LogP) is 4.12. The number of nitrogens with zero attached hydrogens (tertiary/aromatic N) is 2. The first-order valence-corrected chi connectivity index (χ1v) is 7.33. The zero-order chi connectivity index (χ0) is 15.4. The number of hydrogen-bond acceptors (Lipinski definition) is 1. The van der Waals surface area contributed by atoms with E-state index >= 15 is 0 Å². The monoisotopic (exact) mass is 452 g/mol. The Morgan fingerprint density at radius 2 is 2.09 bits per heavy atom. The minimum absolute atomic E-state index is 0. The molecule has 0 amide bonds. The second kappa shape index (κ2) is 8.64. The maximum Gasteiger partial charge on any atom is 0.189 e. The van der Waals surface area contributed by atoms with E-state index in [-0.39, 0.29) is 30.0 Å². The van der Waals surface area contributed by atoms with Crippen LogP contribution >= 0.6 is 47.2 Å². The Morgan fingerprint density at radius 3 is 2.68 bits per heavy atom. The van der Waals surface area contributed by atoms with Gasteiger partial charge in [0, 0.05) is 29.5 Å². The standard InChI is InChI=1S/C15H18Cl2N4.HI/c1-10(13-4-3-12(16)7-14(13)17)20-15(18)19-8-11-5-6-21(2)9-11;/h3-7,9-10H,8H2,1-2H3,(H3,18,19,20);1H. The fourth-order valence-electron chi connectivity index (χ4n) is 2.03. The van der Waals surface area contributed by atoms with Gasteiger partial charge in [0.05, 0.1) is 12.6 Å². The van der Waals surface area contributed by atoms with Gasteiger partial charge in [-0.15, -0.1) is 24.0 Å². The van der Waals surface area contributed by atoms with Crippen molar-refractivity contribution in [3.8, 4) is 0 Å². The predicted molar refractivity (Wildman–Crippen MR) is 104 cm³/mol. The molecule has 2 aromatic rings. The van der Waals surface area contributed by atoms with Crippen LogP contribution in [0, 0.1) is 0 Å². The van der Waals surface area contributed by atoms with Crippen LogP contribution < -0.4 is 11.1 Å². The first kappa shape index (κ1) is 19.1. The molecule has 0 radical (unpaired) electrons. The molecule has 1 atom stereocenters. The van der Waals surface area contributed by atoms with E-state index < -0.39 is 0 Å². The van der Waals surface area contributed by atoms with Gasteiger partial charge in [-0.25, -0.2) is 4.99 Å². The molecule has 4 nitrogen and oxygen atoms in total. The van der Waals surface area contributed by atoms with Crippen molar-refractivity contribution in [1.82, 2.24) is 9.88 Å². The lowest BCUT2D eigenvalue weighted by molar-refractivity contribution is 0.708. The van der Waals surface area contributed by atoms with E-state index in [0.717, 1.165) is 11.1 Å². The van der Waals surface area contributed by atoms with Gasteiger partial charge in [0.15, 0.2) is 5.96 Å². The lowest BCUT2D eigenvalue weighted by atomic mass is 10.1. The molecule has 1 aromatic carbocycles. The molecule has 7 heteroatoms. The third-order valence-corrected chi connectivity index (χ3v) is 3.68. The Balaban J connectivity index is 0.00000242. The second-order valence-corrected chi connectivity index (χ2v) is 5.76. The molecule has 0 saturated carbocycles.